The van der Waals surface area contributed by atoms with Crippen LogP contribution in [0.3, 0.4) is 0 Å². The van der Waals surface area contributed by atoms with Crippen LogP contribution >= 0.6 is 11.3 Å². The molecule has 26 heavy (non-hydrogen) atoms. The first-order valence-electron chi connectivity index (χ1n) is 8.37. The molecule has 0 spiro atoms. The predicted molar refractivity (Wildman–Crippen MR) is 98.5 cm³/mol. The third-order valence-electron chi connectivity index (χ3n) is 4.49. The van der Waals surface area contributed by atoms with E-state index in [0.717, 1.165) is 16.9 Å². The van der Waals surface area contributed by atoms with E-state index in [-0.39, 0.29) is 11.7 Å². The van der Waals surface area contributed by atoms with Gasteiger partial charge in [0.25, 0.3) is 0 Å². The molecule has 134 valence electrons. The number of amides is 1. The van der Waals surface area contributed by atoms with Gasteiger partial charge in [0.1, 0.15) is 11.8 Å². The predicted octanol–water partition coefficient (Wildman–Crippen LogP) is 1.51. The number of piperazine rings is 1. The van der Waals surface area contributed by atoms with E-state index < -0.39 is 0 Å². The standard InChI is InChI=1S/C17H18N6O2S/c1-11(24)13-6-12(8-26-13)7-14(25)22-2-4-23(5-3-22)17-15-16(19-9-18-15)20-10-21-17/h6,8-10H,2-5,7H2,1H3,(H,18,19,20,21). The van der Waals surface area contributed by atoms with E-state index in [1.807, 2.05) is 16.3 Å². The maximum absolute atomic E-state index is 12.5. The fourth-order valence-electron chi connectivity index (χ4n) is 3.10. The van der Waals surface area contributed by atoms with Crippen molar-refractivity contribution in [1.29, 1.82) is 0 Å². The van der Waals surface area contributed by atoms with Crippen molar-refractivity contribution in [3.63, 3.8) is 0 Å². The molecule has 0 aliphatic carbocycles. The Balaban J connectivity index is 1.39. The number of nitrogens with one attached hydrogen (secondary N) is 1. The number of hydrogen-bond donors (Lipinski definition) is 1. The highest BCUT2D eigenvalue weighted by atomic mass is 32.1. The monoisotopic (exact) mass is 370 g/mol. The second kappa shape index (κ2) is 6.83. The average molecular weight is 370 g/mol. The Morgan fingerprint density at radius 3 is 2.73 bits per heavy atom. The molecule has 1 aliphatic rings. The number of Topliss-reactive ketones (excluding diaryl/α,β-unsaturated/α-hetero) is 1. The number of carbonyl (C=O) groups is 2. The number of hydrogen-bond acceptors (Lipinski definition) is 7. The molecule has 0 radical (unpaired) electrons. The molecule has 1 N–H and O–H groups in total. The Kier molecular flexibility index (Phi) is 4.37. The summed E-state index contributed by atoms with van der Waals surface area (Å²) >= 11 is 1.39. The van der Waals surface area contributed by atoms with Gasteiger partial charge in [0.05, 0.1) is 17.6 Å². The van der Waals surface area contributed by atoms with Crippen LogP contribution in [0, 0.1) is 0 Å². The molecule has 0 unspecified atom stereocenters. The number of carbonyl (C=O) groups excluding carboxylic acids is 2. The summed E-state index contributed by atoms with van der Waals surface area (Å²) < 4.78 is 0. The summed E-state index contributed by atoms with van der Waals surface area (Å²) in [4.78, 5) is 44.4. The molecule has 0 bridgehead atoms. The van der Waals surface area contributed by atoms with Gasteiger partial charge in [-0.15, -0.1) is 11.3 Å². The van der Waals surface area contributed by atoms with E-state index in [0.29, 0.717) is 43.1 Å². The minimum absolute atomic E-state index is 0.0392. The largest absolute Gasteiger partial charge is 0.351 e. The number of thiophene rings is 1. The number of anilines is 1. The van der Waals surface area contributed by atoms with Crippen molar-refractivity contribution in [2.45, 2.75) is 13.3 Å². The van der Waals surface area contributed by atoms with Crippen molar-refractivity contribution < 1.29 is 9.59 Å². The van der Waals surface area contributed by atoms with Gasteiger partial charge in [0, 0.05) is 26.2 Å². The summed E-state index contributed by atoms with van der Waals surface area (Å²) in [7, 11) is 0. The lowest BCUT2D eigenvalue weighted by Crippen LogP contribution is -2.49. The maximum Gasteiger partial charge on any atom is 0.227 e. The van der Waals surface area contributed by atoms with Crippen LogP contribution in [0.15, 0.2) is 24.1 Å². The number of fused-ring (bicyclic) bond motifs is 1. The van der Waals surface area contributed by atoms with Crippen molar-refractivity contribution in [3.8, 4) is 0 Å². The molecule has 0 atom stereocenters. The Morgan fingerprint density at radius 1 is 1.19 bits per heavy atom. The van der Waals surface area contributed by atoms with Gasteiger partial charge in [0.2, 0.25) is 5.91 Å². The summed E-state index contributed by atoms with van der Waals surface area (Å²) in [6.07, 6.45) is 3.46. The van der Waals surface area contributed by atoms with Crippen molar-refractivity contribution in [3.05, 3.63) is 34.5 Å². The molecule has 9 heteroatoms. The molecule has 0 aromatic carbocycles. The third-order valence-corrected chi connectivity index (χ3v) is 5.57. The molecule has 3 aromatic rings. The molecule has 1 aliphatic heterocycles. The summed E-state index contributed by atoms with van der Waals surface area (Å²) in [5.74, 6) is 0.952. The zero-order valence-electron chi connectivity index (χ0n) is 14.3. The van der Waals surface area contributed by atoms with E-state index in [9.17, 15) is 9.59 Å². The smallest absolute Gasteiger partial charge is 0.227 e. The fourth-order valence-corrected chi connectivity index (χ4v) is 3.91. The number of rotatable bonds is 4. The Labute approximate surface area is 153 Å². The molecule has 0 saturated carbocycles. The quantitative estimate of drug-likeness (QED) is 0.700. The van der Waals surface area contributed by atoms with Crippen molar-refractivity contribution in [1.82, 2.24) is 24.8 Å². The van der Waals surface area contributed by atoms with Crippen LogP contribution in [-0.2, 0) is 11.2 Å². The highest BCUT2D eigenvalue weighted by molar-refractivity contribution is 7.12. The molecule has 8 nitrogen and oxygen atoms in total. The van der Waals surface area contributed by atoms with E-state index in [4.69, 9.17) is 0 Å². The van der Waals surface area contributed by atoms with Gasteiger partial charge in [-0.2, -0.15) is 0 Å². The van der Waals surface area contributed by atoms with Crippen LogP contribution in [0.2, 0.25) is 0 Å². The molecule has 1 saturated heterocycles. The first-order chi connectivity index (χ1) is 12.6. The summed E-state index contributed by atoms with van der Waals surface area (Å²) in [6, 6.07) is 1.82. The first kappa shape index (κ1) is 16.6. The summed E-state index contributed by atoms with van der Waals surface area (Å²) in [6.45, 7) is 4.24. The lowest BCUT2D eigenvalue weighted by atomic mass is 10.2. The van der Waals surface area contributed by atoms with Crippen LogP contribution in [-0.4, -0.2) is 62.7 Å². The molecule has 1 fully saturated rings. The van der Waals surface area contributed by atoms with E-state index >= 15 is 0 Å². The molecular weight excluding hydrogens is 352 g/mol. The molecule has 4 heterocycles. The van der Waals surface area contributed by atoms with E-state index in [2.05, 4.69) is 24.8 Å². The van der Waals surface area contributed by atoms with Crippen molar-refractivity contribution in [2.24, 2.45) is 0 Å². The normalized spacial score (nSPS) is 14.8. The molecule has 1 amide bonds. The number of imidazole rings is 1. The van der Waals surface area contributed by atoms with Crippen LogP contribution in [0.25, 0.3) is 11.2 Å². The van der Waals surface area contributed by atoms with E-state index in [1.165, 1.54) is 17.7 Å². The Morgan fingerprint density at radius 2 is 2.00 bits per heavy atom. The maximum atomic E-state index is 12.5. The van der Waals surface area contributed by atoms with Gasteiger partial charge in [-0.1, -0.05) is 0 Å². The number of nitrogens with zero attached hydrogens (tertiary/aromatic N) is 5. The van der Waals surface area contributed by atoms with Crippen LogP contribution < -0.4 is 4.90 Å². The fraction of sp³-hybridized carbons (Fsp3) is 0.353. The number of H-pyrrole nitrogens is 1. The second-order valence-corrected chi connectivity index (χ2v) is 7.13. The highest BCUT2D eigenvalue weighted by Crippen LogP contribution is 2.21. The van der Waals surface area contributed by atoms with Crippen molar-refractivity contribution in [2.75, 3.05) is 31.1 Å². The van der Waals surface area contributed by atoms with Crippen LogP contribution in [0.5, 0.6) is 0 Å². The molecule has 3 aromatic heterocycles. The first-order valence-corrected chi connectivity index (χ1v) is 9.25. The zero-order chi connectivity index (χ0) is 18.1. The molecule has 4 rings (SSSR count). The molecular formula is C17H18N6O2S. The van der Waals surface area contributed by atoms with Gasteiger partial charge in [-0.25, -0.2) is 15.0 Å². The number of ketones is 1. The van der Waals surface area contributed by atoms with Gasteiger partial charge in [-0.05, 0) is 23.9 Å². The minimum Gasteiger partial charge on any atom is -0.351 e. The lowest BCUT2D eigenvalue weighted by molar-refractivity contribution is -0.130. The number of aromatic amines is 1. The Bertz CT molecular complexity index is 957. The average Bonchev–Trinajstić information content (AvgIpc) is 3.30. The van der Waals surface area contributed by atoms with Crippen LogP contribution in [0.1, 0.15) is 22.2 Å². The summed E-state index contributed by atoms with van der Waals surface area (Å²) in [5, 5.41) is 1.89. The second-order valence-electron chi connectivity index (χ2n) is 6.22. The third kappa shape index (κ3) is 3.17. The minimum atomic E-state index is 0.0392. The van der Waals surface area contributed by atoms with E-state index in [1.54, 1.807) is 13.3 Å². The number of aromatic nitrogens is 4. The van der Waals surface area contributed by atoms with Gasteiger partial charge < -0.3 is 14.8 Å². The van der Waals surface area contributed by atoms with Gasteiger partial charge in [0.15, 0.2) is 17.2 Å². The SMILES string of the molecule is CC(=O)c1cc(CC(=O)N2CCN(c3ncnc4nc[nH]c34)CC2)cs1. The zero-order valence-corrected chi connectivity index (χ0v) is 15.1. The van der Waals surface area contributed by atoms with Crippen LogP contribution in [0.4, 0.5) is 5.82 Å². The Hall–Kier alpha value is -2.81. The van der Waals surface area contributed by atoms with Gasteiger partial charge >= 0.3 is 0 Å². The van der Waals surface area contributed by atoms with Crippen molar-refractivity contribution >= 4 is 40.0 Å². The lowest BCUT2D eigenvalue weighted by Gasteiger charge is -2.35. The topological polar surface area (TPSA) is 95.1 Å². The van der Waals surface area contributed by atoms with Gasteiger partial charge in [-0.3, -0.25) is 9.59 Å². The highest BCUT2D eigenvalue weighted by Gasteiger charge is 2.24. The summed E-state index contributed by atoms with van der Waals surface area (Å²) in [5.41, 5.74) is 2.37.